The first-order chi connectivity index (χ1) is 14.8. The number of hydrogen-bond acceptors (Lipinski definition) is 6. The summed E-state index contributed by atoms with van der Waals surface area (Å²) in [7, 11) is -2.67. The maximum atomic E-state index is 12.6. The number of nitrogens with zero attached hydrogens (tertiary/aromatic N) is 1. The van der Waals surface area contributed by atoms with Gasteiger partial charge >= 0.3 is 10.1 Å². The molecule has 0 saturated heterocycles. The van der Waals surface area contributed by atoms with Crippen LogP contribution in [0.5, 0.6) is 17.2 Å². The fourth-order valence-corrected chi connectivity index (χ4v) is 3.96. The van der Waals surface area contributed by atoms with Crippen LogP contribution in [0.1, 0.15) is 18.1 Å². The molecule has 0 aliphatic rings. The number of methoxy groups -OCH3 is 1. The number of aryl methyl sites for hydroxylation is 1. The Hall–Kier alpha value is -3.03. The van der Waals surface area contributed by atoms with Crippen LogP contribution >= 0.6 is 11.6 Å². The molecule has 31 heavy (non-hydrogen) atoms. The third kappa shape index (κ3) is 5.77. The normalized spacial score (nSPS) is 11.5. The third-order valence-corrected chi connectivity index (χ3v) is 5.78. The van der Waals surface area contributed by atoms with Crippen LogP contribution in [0.25, 0.3) is 0 Å². The van der Waals surface area contributed by atoms with E-state index in [2.05, 4.69) is 4.99 Å². The van der Waals surface area contributed by atoms with E-state index in [4.69, 9.17) is 25.3 Å². The summed E-state index contributed by atoms with van der Waals surface area (Å²) < 4.78 is 41.3. The number of ether oxygens (including phenoxy) is 2. The van der Waals surface area contributed by atoms with Gasteiger partial charge in [0.15, 0.2) is 5.75 Å². The zero-order chi connectivity index (χ0) is 22.4. The molecule has 0 amide bonds. The van der Waals surface area contributed by atoms with Crippen LogP contribution < -0.4 is 13.7 Å². The second-order valence-corrected chi connectivity index (χ2v) is 8.52. The van der Waals surface area contributed by atoms with Crippen LogP contribution in [0.15, 0.2) is 70.6 Å². The zero-order valence-corrected chi connectivity index (χ0v) is 18.9. The highest BCUT2D eigenvalue weighted by Crippen LogP contribution is 2.38. The molecule has 162 valence electrons. The van der Waals surface area contributed by atoms with Crippen molar-refractivity contribution in [2.75, 3.05) is 13.7 Å². The summed E-state index contributed by atoms with van der Waals surface area (Å²) in [6.45, 7) is 4.38. The molecular weight excluding hydrogens is 438 g/mol. The summed E-state index contributed by atoms with van der Waals surface area (Å²) in [5.41, 5.74) is 2.28. The van der Waals surface area contributed by atoms with Crippen molar-refractivity contribution in [2.45, 2.75) is 18.7 Å². The van der Waals surface area contributed by atoms with Gasteiger partial charge in [-0.05, 0) is 67.9 Å². The van der Waals surface area contributed by atoms with Crippen molar-refractivity contribution in [2.24, 2.45) is 4.99 Å². The molecule has 0 aromatic heterocycles. The average molecular weight is 460 g/mol. The zero-order valence-electron chi connectivity index (χ0n) is 17.3. The van der Waals surface area contributed by atoms with Crippen molar-refractivity contribution in [1.82, 2.24) is 0 Å². The molecule has 0 saturated carbocycles. The molecule has 0 aliphatic heterocycles. The van der Waals surface area contributed by atoms with Crippen molar-refractivity contribution in [3.05, 3.63) is 76.8 Å². The van der Waals surface area contributed by atoms with E-state index in [-0.39, 0.29) is 21.4 Å². The molecule has 8 heteroatoms. The predicted octanol–water partition coefficient (Wildman–Crippen LogP) is 5.57. The lowest BCUT2D eigenvalue weighted by molar-refractivity contribution is 0.340. The Morgan fingerprint density at radius 2 is 1.71 bits per heavy atom. The third-order valence-electron chi connectivity index (χ3n) is 4.26. The van der Waals surface area contributed by atoms with E-state index in [0.29, 0.717) is 12.2 Å². The van der Waals surface area contributed by atoms with E-state index >= 15 is 0 Å². The van der Waals surface area contributed by atoms with E-state index < -0.39 is 10.1 Å². The van der Waals surface area contributed by atoms with Gasteiger partial charge in [0.05, 0.1) is 24.4 Å². The predicted molar refractivity (Wildman–Crippen MR) is 122 cm³/mol. The molecule has 0 fully saturated rings. The Bertz CT molecular complexity index is 1170. The molecule has 0 spiro atoms. The summed E-state index contributed by atoms with van der Waals surface area (Å²) in [6.07, 6.45) is 1.60. The van der Waals surface area contributed by atoms with Gasteiger partial charge in [-0.25, -0.2) is 0 Å². The molecular formula is C23H22ClNO5S. The molecule has 0 atom stereocenters. The summed E-state index contributed by atoms with van der Waals surface area (Å²) >= 11 is 6.32. The minimum absolute atomic E-state index is 0.0253. The number of benzene rings is 3. The van der Waals surface area contributed by atoms with Crippen molar-refractivity contribution in [3.63, 3.8) is 0 Å². The van der Waals surface area contributed by atoms with Crippen LogP contribution in [0.2, 0.25) is 5.02 Å². The summed E-state index contributed by atoms with van der Waals surface area (Å²) in [4.78, 5) is 4.43. The first-order valence-corrected chi connectivity index (χ1v) is 11.3. The van der Waals surface area contributed by atoms with Gasteiger partial charge in [-0.1, -0.05) is 29.3 Å². The Labute approximate surface area is 187 Å². The molecule has 0 N–H and O–H groups in total. The number of halogens is 1. The molecule has 0 radical (unpaired) electrons. The lowest BCUT2D eigenvalue weighted by Gasteiger charge is -2.13. The van der Waals surface area contributed by atoms with Crippen molar-refractivity contribution in [3.8, 4) is 17.2 Å². The fraction of sp³-hybridized carbons (Fsp3) is 0.174. The van der Waals surface area contributed by atoms with Gasteiger partial charge in [0.1, 0.15) is 10.6 Å². The molecule has 3 aromatic rings. The SMILES string of the molecule is CCOc1ccc(N=Cc2cc(Cl)c(OS(=O)(=O)c3ccc(C)cc3)c(OC)c2)cc1. The largest absolute Gasteiger partial charge is 0.494 e. The van der Waals surface area contributed by atoms with Crippen molar-refractivity contribution >= 4 is 33.6 Å². The Balaban J connectivity index is 1.85. The molecule has 6 nitrogen and oxygen atoms in total. The van der Waals surface area contributed by atoms with Gasteiger partial charge in [0.25, 0.3) is 0 Å². The number of hydrogen-bond donors (Lipinski definition) is 0. The first kappa shape index (κ1) is 22.7. The molecule has 0 bridgehead atoms. The minimum atomic E-state index is -4.07. The second-order valence-electron chi connectivity index (χ2n) is 6.57. The number of aliphatic imine (C=N–C) groups is 1. The monoisotopic (exact) mass is 459 g/mol. The first-order valence-electron chi connectivity index (χ1n) is 9.48. The van der Waals surface area contributed by atoms with Gasteiger partial charge < -0.3 is 13.7 Å². The standard InChI is InChI=1S/C23H22ClNO5S/c1-4-29-19-9-7-18(8-10-19)25-15-17-13-21(24)23(22(14-17)28-3)30-31(26,27)20-11-5-16(2)6-12-20/h5-15H,4H2,1-3H3. The van der Waals surface area contributed by atoms with E-state index in [1.54, 1.807) is 30.5 Å². The minimum Gasteiger partial charge on any atom is -0.494 e. The molecule has 3 rings (SSSR count). The Morgan fingerprint density at radius 3 is 2.32 bits per heavy atom. The summed E-state index contributed by atoms with van der Waals surface area (Å²) in [5.74, 6) is 0.863. The van der Waals surface area contributed by atoms with Crippen molar-refractivity contribution < 1.29 is 22.1 Å². The highest BCUT2D eigenvalue weighted by atomic mass is 35.5. The van der Waals surface area contributed by atoms with Gasteiger partial charge in [-0.2, -0.15) is 8.42 Å². The van der Waals surface area contributed by atoms with Crippen molar-refractivity contribution in [1.29, 1.82) is 0 Å². The van der Waals surface area contributed by atoms with E-state index in [1.807, 2.05) is 38.1 Å². The molecule has 0 aliphatic carbocycles. The van der Waals surface area contributed by atoms with E-state index in [0.717, 1.165) is 17.0 Å². The highest BCUT2D eigenvalue weighted by Gasteiger charge is 2.22. The van der Waals surface area contributed by atoms with Gasteiger partial charge in [-0.3, -0.25) is 4.99 Å². The molecule has 3 aromatic carbocycles. The number of rotatable bonds is 8. The van der Waals surface area contributed by atoms with Crippen LogP contribution in [-0.2, 0) is 10.1 Å². The van der Waals surface area contributed by atoms with Crippen LogP contribution in [0.3, 0.4) is 0 Å². The lowest BCUT2D eigenvalue weighted by Crippen LogP contribution is -2.11. The molecule has 0 heterocycles. The van der Waals surface area contributed by atoms with Gasteiger partial charge in [0.2, 0.25) is 5.75 Å². The highest BCUT2D eigenvalue weighted by molar-refractivity contribution is 7.87. The van der Waals surface area contributed by atoms with Crippen LogP contribution in [0.4, 0.5) is 5.69 Å². The topological polar surface area (TPSA) is 74.2 Å². The summed E-state index contributed by atoms with van der Waals surface area (Å²) in [5, 5.41) is 0.0863. The maximum Gasteiger partial charge on any atom is 0.339 e. The van der Waals surface area contributed by atoms with E-state index in [9.17, 15) is 8.42 Å². The Kier molecular flexibility index (Phi) is 7.20. The smallest absolute Gasteiger partial charge is 0.339 e. The second kappa shape index (κ2) is 9.85. The summed E-state index contributed by atoms with van der Waals surface area (Å²) in [6, 6.07) is 16.8. The lowest BCUT2D eigenvalue weighted by atomic mass is 10.2. The molecule has 0 unspecified atom stereocenters. The Morgan fingerprint density at radius 1 is 1.03 bits per heavy atom. The van der Waals surface area contributed by atoms with Gasteiger partial charge in [0, 0.05) is 6.21 Å². The van der Waals surface area contributed by atoms with Crippen LogP contribution in [-0.4, -0.2) is 28.3 Å². The van der Waals surface area contributed by atoms with E-state index in [1.165, 1.54) is 19.2 Å². The average Bonchev–Trinajstić information content (AvgIpc) is 2.75. The maximum absolute atomic E-state index is 12.6. The van der Waals surface area contributed by atoms with Gasteiger partial charge in [-0.15, -0.1) is 0 Å². The quantitative estimate of drug-likeness (QED) is 0.325. The fourth-order valence-electron chi connectivity index (χ4n) is 2.70. The van der Waals surface area contributed by atoms with Crippen LogP contribution in [0, 0.1) is 6.92 Å².